The Morgan fingerprint density at radius 2 is 2.17 bits per heavy atom. The highest BCUT2D eigenvalue weighted by molar-refractivity contribution is 7.08. The summed E-state index contributed by atoms with van der Waals surface area (Å²) in [6.07, 6.45) is 0.169. The number of amides is 1. The van der Waals surface area contributed by atoms with Crippen molar-refractivity contribution in [1.29, 1.82) is 0 Å². The van der Waals surface area contributed by atoms with Crippen molar-refractivity contribution >= 4 is 34.4 Å². The van der Waals surface area contributed by atoms with Gasteiger partial charge in [0.25, 0.3) is 5.91 Å². The molecule has 0 saturated heterocycles. The number of rotatable bonds is 5. The van der Waals surface area contributed by atoms with Crippen LogP contribution in [0.15, 0.2) is 47.2 Å². The van der Waals surface area contributed by atoms with Gasteiger partial charge in [-0.3, -0.25) is 4.79 Å². The minimum atomic E-state index is -0.454. The van der Waals surface area contributed by atoms with Gasteiger partial charge in [0, 0.05) is 10.9 Å². The number of benzene rings is 1. The second-order valence-corrected chi connectivity index (χ2v) is 7.93. The Bertz CT molecular complexity index is 1220. The summed E-state index contributed by atoms with van der Waals surface area (Å²) in [6, 6.07) is 11.6. The maximum Gasteiger partial charge on any atom is 0.265 e. The number of anilines is 2. The number of carbonyl (C=O) groups excluding carboxylic acids is 1. The molecule has 0 bridgehead atoms. The van der Waals surface area contributed by atoms with Crippen LogP contribution in [0.25, 0.3) is 17.0 Å². The van der Waals surface area contributed by atoms with Gasteiger partial charge in [-0.05, 0) is 54.6 Å². The second-order valence-electron chi connectivity index (χ2n) is 7.15. The highest BCUT2D eigenvalue weighted by Gasteiger charge is 2.26. The largest absolute Gasteiger partial charge is 0.478 e. The van der Waals surface area contributed by atoms with Gasteiger partial charge < -0.3 is 15.4 Å². The van der Waals surface area contributed by atoms with Crippen LogP contribution in [-0.4, -0.2) is 31.8 Å². The molecule has 152 valence electrons. The van der Waals surface area contributed by atoms with Crippen molar-refractivity contribution in [3.63, 3.8) is 0 Å². The predicted molar refractivity (Wildman–Crippen MR) is 116 cm³/mol. The maximum absolute atomic E-state index is 12.0. The van der Waals surface area contributed by atoms with Crippen LogP contribution in [-0.2, 0) is 4.79 Å². The standard InChI is InChI=1S/C21H20N6O2S/c1-3-16-21(28)23-15-5-4-13(10-17(15)29-16)12(2)22-18-6-7-19-24-25-20(27(19)26-18)14-8-9-30-11-14/h4-12,16H,3H2,1-2H3,(H,22,26)(H,23,28). The minimum absolute atomic E-state index is 0.0253. The number of hydrogen-bond donors (Lipinski definition) is 2. The first-order valence-electron chi connectivity index (χ1n) is 9.75. The van der Waals surface area contributed by atoms with E-state index < -0.39 is 6.10 Å². The molecule has 1 aliphatic rings. The highest BCUT2D eigenvalue weighted by Crippen LogP contribution is 2.33. The molecule has 5 rings (SSSR count). The molecule has 1 aliphatic heterocycles. The first-order valence-corrected chi connectivity index (χ1v) is 10.7. The third kappa shape index (κ3) is 3.26. The molecule has 4 aromatic rings. The number of fused-ring (bicyclic) bond motifs is 2. The molecule has 2 N–H and O–H groups in total. The van der Waals surface area contributed by atoms with Crippen LogP contribution in [0.4, 0.5) is 11.5 Å². The topological polar surface area (TPSA) is 93.4 Å². The smallest absolute Gasteiger partial charge is 0.265 e. The number of nitrogens with zero attached hydrogens (tertiary/aromatic N) is 4. The lowest BCUT2D eigenvalue weighted by atomic mass is 10.1. The van der Waals surface area contributed by atoms with E-state index in [1.807, 2.05) is 54.1 Å². The monoisotopic (exact) mass is 420 g/mol. The number of hydrogen-bond acceptors (Lipinski definition) is 7. The number of ether oxygens (including phenoxy) is 1. The second kappa shape index (κ2) is 7.42. The summed E-state index contributed by atoms with van der Waals surface area (Å²) in [5.74, 6) is 2.02. The van der Waals surface area contributed by atoms with Crippen molar-refractivity contribution in [3.05, 3.63) is 52.7 Å². The van der Waals surface area contributed by atoms with Crippen molar-refractivity contribution in [2.45, 2.75) is 32.4 Å². The number of aromatic nitrogens is 4. The number of nitrogens with one attached hydrogen (secondary N) is 2. The van der Waals surface area contributed by atoms with Gasteiger partial charge in [0.05, 0.1) is 11.7 Å². The minimum Gasteiger partial charge on any atom is -0.478 e. The van der Waals surface area contributed by atoms with Gasteiger partial charge in [0.1, 0.15) is 11.6 Å². The molecule has 0 aliphatic carbocycles. The fourth-order valence-electron chi connectivity index (χ4n) is 3.44. The lowest BCUT2D eigenvalue weighted by Crippen LogP contribution is -2.36. The van der Waals surface area contributed by atoms with E-state index in [1.54, 1.807) is 15.9 Å². The van der Waals surface area contributed by atoms with Gasteiger partial charge >= 0.3 is 0 Å². The Kier molecular flexibility index (Phi) is 4.59. The predicted octanol–water partition coefficient (Wildman–Crippen LogP) is 4.14. The fourth-order valence-corrected chi connectivity index (χ4v) is 4.07. The van der Waals surface area contributed by atoms with Crippen molar-refractivity contribution in [3.8, 4) is 17.1 Å². The van der Waals surface area contributed by atoms with Crippen molar-refractivity contribution in [2.24, 2.45) is 0 Å². The Morgan fingerprint density at radius 3 is 2.97 bits per heavy atom. The van der Waals surface area contributed by atoms with Gasteiger partial charge in [0.15, 0.2) is 17.6 Å². The van der Waals surface area contributed by atoms with Crippen LogP contribution in [0.1, 0.15) is 31.9 Å². The normalized spacial score (nSPS) is 16.6. The van der Waals surface area contributed by atoms with Crippen LogP contribution in [0.5, 0.6) is 5.75 Å². The Hall–Kier alpha value is -3.46. The summed E-state index contributed by atoms with van der Waals surface area (Å²) in [5, 5.41) is 23.5. The summed E-state index contributed by atoms with van der Waals surface area (Å²) in [7, 11) is 0. The molecule has 3 aromatic heterocycles. The van der Waals surface area contributed by atoms with Gasteiger partial charge in [0.2, 0.25) is 0 Å². The van der Waals surface area contributed by atoms with E-state index >= 15 is 0 Å². The van der Waals surface area contributed by atoms with E-state index in [0.29, 0.717) is 35.1 Å². The molecule has 9 heteroatoms. The van der Waals surface area contributed by atoms with E-state index in [0.717, 1.165) is 11.1 Å². The molecule has 1 aromatic carbocycles. The Balaban J connectivity index is 1.40. The average Bonchev–Trinajstić information content (AvgIpc) is 3.42. The molecule has 1 amide bonds. The summed E-state index contributed by atoms with van der Waals surface area (Å²) >= 11 is 1.61. The van der Waals surface area contributed by atoms with Crippen LogP contribution in [0, 0.1) is 0 Å². The van der Waals surface area contributed by atoms with Crippen LogP contribution in [0.3, 0.4) is 0 Å². The molecular weight excluding hydrogens is 400 g/mol. The Morgan fingerprint density at radius 1 is 1.27 bits per heavy atom. The van der Waals surface area contributed by atoms with Gasteiger partial charge in [-0.2, -0.15) is 15.9 Å². The molecule has 0 spiro atoms. The zero-order valence-corrected chi connectivity index (χ0v) is 17.3. The van der Waals surface area contributed by atoms with Crippen molar-refractivity contribution < 1.29 is 9.53 Å². The fraction of sp³-hybridized carbons (Fsp3) is 0.238. The van der Waals surface area contributed by atoms with Crippen molar-refractivity contribution in [2.75, 3.05) is 10.6 Å². The SMILES string of the molecule is CCC1Oc2cc(C(C)Nc3ccc4nnc(-c5ccsc5)n4n3)ccc2NC1=O. The summed E-state index contributed by atoms with van der Waals surface area (Å²) in [4.78, 5) is 12.0. The molecule has 8 nitrogen and oxygen atoms in total. The van der Waals surface area contributed by atoms with E-state index in [-0.39, 0.29) is 11.9 Å². The van der Waals surface area contributed by atoms with Crippen molar-refractivity contribution in [1.82, 2.24) is 19.8 Å². The van der Waals surface area contributed by atoms with Crippen LogP contribution < -0.4 is 15.4 Å². The molecule has 2 unspecified atom stereocenters. The first kappa shape index (κ1) is 18.6. The number of thiophene rings is 1. The van der Waals surface area contributed by atoms with Crippen LogP contribution >= 0.6 is 11.3 Å². The summed E-state index contributed by atoms with van der Waals surface area (Å²) in [6.45, 7) is 3.98. The van der Waals surface area contributed by atoms with E-state index in [2.05, 4.69) is 32.9 Å². The van der Waals surface area contributed by atoms with Gasteiger partial charge in [-0.1, -0.05) is 13.0 Å². The lowest BCUT2D eigenvalue weighted by molar-refractivity contribution is -0.123. The quantitative estimate of drug-likeness (QED) is 0.504. The average molecular weight is 420 g/mol. The number of carbonyl (C=O) groups is 1. The molecule has 0 radical (unpaired) electrons. The third-order valence-electron chi connectivity index (χ3n) is 5.10. The van der Waals surface area contributed by atoms with Crippen LogP contribution in [0.2, 0.25) is 0 Å². The van der Waals surface area contributed by atoms with Gasteiger partial charge in [-0.25, -0.2) is 0 Å². The molecule has 0 saturated carbocycles. The van der Waals surface area contributed by atoms with E-state index in [4.69, 9.17) is 4.74 Å². The highest BCUT2D eigenvalue weighted by atomic mass is 32.1. The van der Waals surface area contributed by atoms with E-state index in [9.17, 15) is 4.79 Å². The molecule has 30 heavy (non-hydrogen) atoms. The Labute approximate surface area is 176 Å². The summed E-state index contributed by atoms with van der Waals surface area (Å²) in [5.41, 5.74) is 3.41. The lowest BCUT2D eigenvalue weighted by Gasteiger charge is -2.26. The van der Waals surface area contributed by atoms with Gasteiger partial charge in [-0.15, -0.1) is 15.3 Å². The van der Waals surface area contributed by atoms with E-state index in [1.165, 1.54) is 0 Å². The zero-order chi connectivity index (χ0) is 20.7. The molecule has 4 heterocycles. The zero-order valence-electron chi connectivity index (χ0n) is 16.5. The first-order chi connectivity index (χ1) is 14.6. The molecular formula is C21H20N6O2S. The third-order valence-corrected chi connectivity index (χ3v) is 5.79. The summed E-state index contributed by atoms with van der Waals surface area (Å²) < 4.78 is 7.61. The molecule has 2 atom stereocenters. The maximum atomic E-state index is 12.0. The molecule has 0 fully saturated rings.